The molecule has 1 N–H and O–H groups in total. The van der Waals surface area contributed by atoms with Crippen LogP contribution in [0.3, 0.4) is 0 Å². The Bertz CT molecular complexity index is 393. The number of carbonyl (C=O) groups is 1. The molecule has 0 aromatic carbocycles. The third-order valence-electron chi connectivity index (χ3n) is 3.01. The van der Waals surface area contributed by atoms with Crippen molar-refractivity contribution < 1.29 is 9.90 Å². The van der Waals surface area contributed by atoms with Crippen LogP contribution in [0.4, 0.5) is 0 Å². The van der Waals surface area contributed by atoms with Crippen LogP contribution in [0.5, 0.6) is 0 Å². The Hall–Kier alpha value is -1.42. The molecule has 0 aliphatic rings. The molecule has 1 rings (SSSR count). The Morgan fingerprint density at radius 3 is 2.78 bits per heavy atom. The quantitative estimate of drug-likeness (QED) is 0.807. The molecule has 0 aliphatic heterocycles. The summed E-state index contributed by atoms with van der Waals surface area (Å²) in [6.07, 6.45) is 2.64. The lowest BCUT2D eigenvalue weighted by molar-refractivity contribution is -0.143. The highest BCUT2D eigenvalue weighted by Gasteiger charge is 2.22. The summed E-state index contributed by atoms with van der Waals surface area (Å²) < 4.78 is 0. The molecule has 1 unspecified atom stereocenters. The second kappa shape index (κ2) is 7.11. The third-order valence-corrected chi connectivity index (χ3v) is 3.01. The fraction of sp³-hybridized carbons (Fsp3) is 0.571. The summed E-state index contributed by atoms with van der Waals surface area (Å²) in [7, 11) is 1.85. The molecule has 1 aromatic rings. The van der Waals surface area contributed by atoms with Crippen LogP contribution in [0.2, 0.25) is 0 Å². The number of carboxylic acids is 1. The number of hydrogen-bond donors (Lipinski definition) is 1. The molecule has 18 heavy (non-hydrogen) atoms. The van der Waals surface area contributed by atoms with Crippen molar-refractivity contribution in [2.24, 2.45) is 0 Å². The van der Waals surface area contributed by atoms with Crippen molar-refractivity contribution in [2.75, 3.05) is 7.05 Å². The Morgan fingerprint density at radius 1 is 1.50 bits per heavy atom. The van der Waals surface area contributed by atoms with Gasteiger partial charge >= 0.3 is 5.97 Å². The first kappa shape index (κ1) is 14.6. The maximum Gasteiger partial charge on any atom is 0.320 e. The largest absolute Gasteiger partial charge is 0.480 e. The molecule has 0 radical (unpaired) electrons. The van der Waals surface area contributed by atoms with Crippen LogP contribution < -0.4 is 0 Å². The number of aromatic nitrogens is 1. The highest BCUT2D eigenvalue weighted by atomic mass is 16.4. The number of aryl methyl sites for hydroxylation is 1. The van der Waals surface area contributed by atoms with E-state index >= 15 is 0 Å². The molecule has 100 valence electrons. The Balaban J connectivity index is 2.66. The maximum atomic E-state index is 11.2. The predicted octanol–water partition coefficient (Wildman–Crippen LogP) is 2.47. The van der Waals surface area contributed by atoms with E-state index in [-0.39, 0.29) is 0 Å². The summed E-state index contributed by atoms with van der Waals surface area (Å²) in [6.45, 7) is 4.58. The van der Waals surface area contributed by atoms with Crippen LogP contribution in [-0.4, -0.2) is 34.0 Å². The van der Waals surface area contributed by atoms with Gasteiger partial charge in [0.2, 0.25) is 0 Å². The molecule has 4 heteroatoms. The van der Waals surface area contributed by atoms with E-state index in [1.807, 2.05) is 37.1 Å². The predicted molar refractivity (Wildman–Crippen MR) is 71.4 cm³/mol. The molecule has 0 bridgehead atoms. The summed E-state index contributed by atoms with van der Waals surface area (Å²) in [4.78, 5) is 17.5. The van der Waals surface area contributed by atoms with E-state index < -0.39 is 12.0 Å². The zero-order valence-electron chi connectivity index (χ0n) is 11.4. The molecule has 0 saturated carbocycles. The lowest BCUT2D eigenvalue weighted by atomic mass is 10.1. The van der Waals surface area contributed by atoms with Gasteiger partial charge in [0.15, 0.2) is 0 Å². The topological polar surface area (TPSA) is 53.4 Å². The van der Waals surface area contributed by atoms with Crippen LogP contribution >= 0.6 is 0 Å². The molecule has 0 aliphatic carbocycles. The van der Waals surface area contributed by atoms with E-state index in [2.05, 4.69) is 11.9 Å². The molecule has 1 heterocycles. The molecule has 0 saturated heterocycles. The smallest absolute Gasteiger partial charge is 0.320 e. The van der Waals surface area contributed by atoms with Crippen molar-refractivity contribution in [3.05, 3.63) is 29.6 Å². The van der Waals surface area contributed by atoms with Gasteiger partial charge in [-0.2, -0.15) is 0 Å². The van der Waals surface area contributed by atoms with Gasteiger partial charge in [-0.1, -0.05) is 25.8 Å². The van der Waals surface area contributed by atoms with Gasteiger partial charge in [0, 0.05) is 12.2 Å². The lowest BCUT2D eigenvalue weighted by Crippen LogP contribution is -2.38. The van der Waals surface area contributed by atoms with Crippen LogP contribution in [0.1, 0.15) is 37.6 Å². The van der Waals surface area contributed by atoms with Gasteiger partial charge in [0.25, 0.3) is 0 Å². The number of rotatable bonds is 7. The van der Waals surface area contributed by atoms with Gasteiger partial charge in [-0.3, -0.25) is 14.7 Å². The van der Waals surface area contributed by atoms with E-state index in [1.165, 1.54) is 0 Å². The number of nitrogens with zero attached hydrogens (tertiary/aromatic N) is 2. The minimum absolute atomic E-state index is 0.424. The molecule has 0 amide bonds. The maximum absolute atomic E-state index is 11.2. The highest BCUT2D eigenvalue weighted by molar-refractivity contribution is 5.73. The molecule has 4 nitrogen and oxygen atoms in total. The molecule has 0 spiro atoms. The van der Waals surface area contributed by atoms with E-state index in [4.69, 9.17) is 0 Å². The summed E-state index contributed by atoms with van der Waals surface area (Å²) in [5, 5.41) is 9.24. The van der Waals surface area contributed by atoms with Crippen LogP contribution in [0, 0.1) is 6.92 Å². The van der Waals surface area contributed by atoms with Crippen LogP contribution in [-0.2, 0) is 11.3 Å². The van der Waals surface area contributed by atoms with Crippen LogP contribution in [0.15, 0.2) is 18.2 Å². The number of unbranched alkanes of at least 4 members (excludes halogenated alkanes) is 1. The molecule has 1 aromatic heterocycles. The standard InChI is InChI=1S/C14H22N2O2/c1-4-5-9-13(14(17)18)16(3)10-12-8-6-7-11(2)15-12/h6-8,13H,4-5,9-10H2,1-3H3,(H,17,18). The minimum atomic E-state index is -0.751. The second-order valence-electron chi connectivity index (χ2n) is 4.68. The SMILES string of the molecule is CCCCC(C(=O)O)N(C)Cc1cccc(C)n1. The molecule has 0 fully saturated rings. The van der Waals surface area contributed by atoms with Gasteiger partial charge in [-0.25, -0.2) is 0 Å². The normalized spacial score (nSPS) is 12.7. The highest BCUT2D eigenvalue weighted by Crippen LogP contribution is 2.11. The average Bonchev–Trinajstić information content (AvgIpc) is 2.29. The minimum Gasteiger partial charge on any atom is -0.480 e. The van der Waals surface area contributed by atoms with Gasteiger partial charge in [0.1, 0.15) is 6.04 Å². The summed E-state index contributed by atoms with van der Waals surface area (Å²) >= 11 is 0. The zero-order valence-corrected chi connectivity index (χ0v) is 11.4. The first-order chi connectivity index (χ1) is 8.54. The van der Waals surface area contributed by atoms with Gasteiger partial charge in [0.05, 0.1) is 5.69 Å². The zero-order chi connectivity index (χ0) is 13.5. The molecular formula is C14H22N2O2. The Morgan fingerprint density at radius 2 is 2.22 bits per heavy atom. The molecular weight excluding hydrogens is 228 g/mol. The average molecular weight is 250 g/mol. The fourth-order valence-electron chi connectivity index (χ4n) is 1.98. The van der Waals surface area contributed by atoms with Crippen molar-refractivity contribution in [1.29, 1.82) is 0 Å². The van der Waals surface area contributed by atoms with E-state index in [9.17, 15) is 9.90 Å². The summed E-state index contributed by atoms with van der Waals surface area (Å²) in [5.74, 6) is -0.751. The summed E-state index contributed by atoms with van der Waals surface area (Å²) in [6, 6.07) is 5.40. The van der Waals surface area contributed by atoms with Crippen molar-refractivity contribution in [3.8, 4) is 0 Å². The van der Waals surface area contributed by atoms with Gasteiger partial charge < -0.3 is 5.11 Å². The second-order valence-corrected chi connectivity index (χ2v) is 4.68. The fourth-order valence-corrected chi connectivity index (χ4v) is 1.98. The number of aliphatic carboxylic acids is 1. The van der Waals surface area contributed by atoms with Crippen molar-refractivity contribution in [1.82, 2.24) is 9.88 Å². The van der Waals surface area contributed by atoms with Gasteiger partial charge in [-0.05, 0) is 32.5 Å². The number of hydrogen-bond acceptors (Lipinski definition) is 3. The van der Waals surface area contributed by atoms with Crippen LogP contribution in [0.25, 0.3) is 0 Å². The van der Waals surface area contributed by atoms with Gasteiger partial charge in [-0.15, -0.1) is 0 Å². The van der Waals surface area contributed by atoms with Crippen molar-refractivity contribution in [3.63, 3.8) is 0 Å². The number of pyridine rings is 1. The first-order valence-corrected chi connectivity index (χ1v) is 6.40. The number of carboxylic acid groups (broad SMARTS) is 1. The van der Waals surface area contributed by atoms with E-state index in [0.717, 1.165) is 24.2 Å². The van der Waals surface area contributed by atoms with E-state index in [0.29, 0.717) is 13.0 Å². The van der Waals surface area contributed by atoms with Crippen molar-refractivity contribution >= 4 is 5.97 Å². The summed E-state index contributed by atoms with van der Waals surface area (Å²) in [5.41, 5.74) is 1.88. The Labute approximate surface area is 109 Å². The Kier molecular flexibility index (Phi) is 5.78. The first-order valence-electron chi connectivity index (χ1n) is 6.40. The monoisotopic (exact) mass is 250 g/mol. The lowest BCUT2D eigenvalue weighted by Gasteiger charge is -2.24. The van der Waals surface area contributed by atoms with Crippen molar-refractivity contribution in [2.45, 2.75) is 45.7 Å². The number of likely N-dealkylation sites (N-methyl/N-ethyl adjacent to an activating group) is 1. The van der Waals surface area contributed by atoms with E-state index in [1.54, 1.807) is 0 Å². The molecule has 1 atom stereocenters. The third kappa shape index (κ3) is 4.45.